The van der Waals surface area contributed by atoms with E-state index in [9.17, 15) is 4.79 Å². The number of ether oxygens (including phenoxy) is 5. The molecule has 8 aliphatic heterocycles. The largest absolute Gasteiger partial charge is 0.540 e. The van der Waals surface area contributed by atoms with Gasteiger partial charge >= 0.3 is 6.16 Å². The topological polar surface area (TPSA) is 122 Å². The number of para-hydroxylation sites is 1. The number of carbonyl (C=O) groups is 1. The second-order valence-electron chi connectivity index (χ2n) is 17.3. The Balaban J connectivity index is 1.05. The molecule has 0 radical (unpaired) electrons. The minimum absolute atomic E-state index is 0.0540. The van der Waals surface area contributed by atoms with Crippen LogP contribution in [-0.2, 0) is 43.3 Å². The third-order valence-corrected chi connectivity index (χ3v) is 14.4. The van der Waals surface area contributed by atoms with Crippen LogP contribution in [0.2, 0.25) is 0 Å². The molecule has 10 fully saturated rings. The van der Waals surface area contributed by atoms with Gasteiger partial charge in [0.05, 0.1) is 11.8 Å². The third-order valence-electron chi connectivity index (χ3n) is 14.4. The molecule has 2 aliphatic carbocycles. The summed E-state index contributed by atoms with van der Waals surface area (Å²) >= 11 is 0. The van der Waals surface area contributed by atoms with Crippen molar-refractivity contribution in [2.75, 3.05) is 0 Å². The zero-order chi connectivity index (χ0) is 35.3. The quantitative estimate of drug-likeness (QED) is 0.0756. The number of oxime groups is 1. The molecule has 12 heteroatoms. The fourth-order valence-corrected chi connectivity index (χ4v) is 11.6. The van der Waals surface area contributed by atoms with Gasteiger partial charge in [-0.2, -0.15) is 0 Å². The van der Waals surface area contributed by atoms with E-state index in [1.165, 1.54) is 0 Å². The van der Waals surface area contributed by atoms with Gasteiger partial charge in [-0.3, -0.25) is 4.84 Å². The van der Waals surface area contributed by atoms with Crippen molar-refractivity contribution in [1.82, 2.24) is 0 Å². The predicted molar refractivity (Wildman–Crippen MR) is 179 cm³/mol. The Labute approximate surface area is 299 Å². The summed E-state index contributed by atoms with van der Waals surface area (Å²) in [5, 5.41) is 4.57. The molecule has 0 N–H and O–H groups in total. The van der Waals surface area contributed by atoms with Crippen LogP contribution in [0.15, 0.2) is 35.5 Å². The molecule has 0 aromatic heterocycles. The average Bonchev–Trinajstić information content (AvgIpc) is 3.49. The van der Waals surface area contributed by atoms with E-state index in [-0.39, 0.29) is 41.6 Å². The number of nitrogens with zero attached hydrogens (tertiary/aromatic N) is 1. The Bertz CT molecular complexity index is 1530. The molecule has 11 rings (SSSR count). The molecule has 16 atom stereocenters. The van der Waals surface area contributed by atoms with E-state index in [4.69, 9.17) is 48.1 Å². The van der Waals surface area contributed by atoms with Crippen LogP contribution in [0.3, 0.4) is 0 Å². The SMILES string of the molecule is C[C@H]1[C@@H](/C(C[C@H]2O[C@@H]3O[C@]4(C)CC[C@H]5[C@H](C)CC[C@@H]([C@H]2C)[C@@]35OO4)=N\OC(=O)Oc2ccccc2)O[C@@H]2O[C@]3(C)CC[C@H]4[C@H](C)CC[C@@H]1[C@@]24OO3. The van der Waals surface area contributed by atoms with E-state index in [1.54, 1.807) is 24.3 Å². The molecule has 280 valence electrons. The first-order valence-electron chi connectivity index (χ1n) is 19.4. The van der Waals surface area contributed by atoms with Crippen LogP contribution in [0.1, 0.15) is 99.3 Å². The smallest absolute Gasteiger partial charge is 0.393 e. The number of hydrogen-bond acceptors (Lipinski definition) is 12. The van der Waals surface area contributed by atoms with Gasteiger partial charge in [-0.05, 0) is 100 Å². The lowest BCUT2D eigenvalue weighted by atomic mass is 9.56. The maximum Gasteiger partial charge on any atom is 0.540 e. The predicted octanol–water partition coefficient (Wildman–Crippen LogP) is 7.45. The Morgan fingerprint density at radius 2 is 1.29 bits per heavy atom. The highest BCUT2D eigenvalue weighted by atomic mass is 17.3. The van der Waals surface area contributed by atoms with Gasteiger partial charge in [0, 0.05) is 31.1 Å². The van der Waals surface area contributed by atoms with Crippen molar-refractivity contribution in [3.8, 4) is 5.75 Å². The monoisotopic (exact) mass is 711 g/mol. The van der Waals surface area contributed by atoms with Crippen LogP contribution >= 0.6 is 0 Å². The number of hydrogen-bond donors (Lipinski definition) is 0. The van der Waals surface area contributed by atoms with Crippen LogP contribution in [0, 0.1) is 47.3 Å². The molecule has 8 saturated heterocycles. The lowest BCUT2D eigenvalue weighted by Gasteiger charge is -2.61. The van der Waals surface area contributed by atoms with E-state index in [2.05, 4.69) is 32.9 Å². The molecule has 8 heterocycles. The zero-order valence-electron chi connectivity index (χ0n) is 30.6. The van der Waals surface area contributed by atoms with Gasteiger partial charge in [0.15, 0.2) is 23.8 Å². The second-order valence-corrected chi connectivity index (χ2v) is 17.3. The molecule has 2 spiro atoms. The second kappa shape index (κ2) is 12.4. The Hall–Kier alpha value is -2.16. The van der Waals surface area contributed by atoms with Crippen LogP contribution in [0.25, 0.3) is 0 Å². The van der Waals surface area contributed by atoms with Gasteiger partial charge in [-0.25, -0.2) is 24.3 Å². The van der Waals surface area contributed by atoms with E-state index >= 15 is 0 Å². The Morgan fingerprint density at radius 3 is 1.90 bits per heavy atom. The summed E-state index contributed by atoms with van der Waals surface area (Å²) in [4.78, 5) is 43.5. The summed E-state index contributed by atoms with van der Waals surface area (Å²) in [6.45, 7) is 12.9. The highest BCUT2D eigenvalue weighted by Gasteiger charge is 2.71. The van der Waals surface area contributed by atoms with Crippen molar-refractivity contribution in [3.63, 3.8) is 0 Å². The average molecular weight is 712 g/mol. The van der Waals surface area contributed by atoms with E-state index in [0.717, 1.165) is 44.9 Å². The van der Waals surface area contributed by atoms with Crippen molar-refractivity contribution >= 4 is 11.9 Å². The van der Waals surface area contributed by atoms with Gasteiger partial charge in [-0.15, -0.1) is 0 Å². The van der Waals surface area contributed by atoms with E-state index < -0.39 is 47.6 Å². The molecule has 10 aliphatic rings. The first kappa shape index (κ1) is 34.6. The molecule has 0 amide bonds. The highest BCUT2D eigenvalue weighted by Crippen LogP contribution is 2.63. The van der Waals surface area contributed by atoms with Crippen LogP contribution in [0.4, 0.5) is 4.79 Å². The standard InChI is InChI=1S/C39H53NO11/c1-21-12-14-28-23(3)31(43-33-38(28)26(21)16-18-36(5,45-33)48-50-38)20-30(40-47-35(41)42-25-10-8-7-9-11-25)32-24(4)29-15-13-22(2)27-17-19-37(6)46-34(44-32)39(27,29)51-49-37/h7-11,21-24,26-29,31-34H,12-20H2,1-6H3/b40-30-/t21-,22-,23-,24-,26+,27+,28+,29+,31-,32+,33-,34-,36+,37+,38-,39-/m1/s1. The molecule has 2 saturated carbocycles. The van der Waals surface area contributed by atoms with Gasteiger partial charge in [0.2, 0.25) is 11.6 Å². The molecule has 1 aromatic carbocycles. The molecule has 0 unspecified atom stereocenters. The summed E-state index contributed by atoms with van der Waals surface area (Å²) in [6.07, 6.45) is 4.66. The summed E-state index contributed by atoms with van der Waals surface area (Å²) in [5.41, 5.74) is -0.869. The van der Waals surface area contributed by atoms with Gasteiger partial charge in [0.25, 0.3) is 0 Å². The first-order chi connectivity index (χ1) is 24.4. The summed E-state index contributed by atoms with van der Waals surface area (Å²) in [5.74, 6) is 0.105. The zero-order valence-corrected chi connectivity index (χ0v) is 30.6. The number of rotatable bonds is 5. The fourth-order valence-electron chi connectivity index (χ4n) is 11.6. The third kappa shape index (κ3) is 5.37. The maximum absolute atomic E-state index is 13.1. The van der Waals surface area contributed by atoms with Crippen LogP contribution in [-0.4, -0.2) is 59.4 Å². The minimum Gasteiger partial charge on any atom is -0.393 e. The van der Waals surface area contributed by atoms with Crippen molar-refractivity contribution < 1.29 is 52.9 Å². The van der Waals surface area contributed by atoms with Crippen molar-refractivity contribution in [2.45, 2.75) is 147 Å². The lowest BCUT2D eigenvalue weighted by Crippen LogP contribution is -2.71. The summed E-state index contributed by atoms with van der Waals surface area (Å²) < 4.78 is 32.8. The maximum atomic E-state index is 13.1. The van der Waals surface area contributed by atoms with Crippen molar-refractivity contribution in [1.29, 1.82) is 0 Å². The minimum atomic E-state index is -0.928. The normalized spacial score (nSPS) is 51.5. The lowest BCUT2D eigenvalue weighted by molar-refractivity contribution is -0.571. The fraction of sp³-hybridized carbons (Fsp3) is 0.795. The summed E-state index contributed by atoms with van der Waals surface area (Å²) in [7, 11) is 0. The molecular formula is C39H53NO11. The van der Waals surface area contributed by atoms with Crippen molar-refractivity contribution in [3.05, 3.63) is 30.3 Å². The molecule has 51 heavy (non-hydrogen) atoms. The highest BCUT2D eigenvalue weighted by molar-refractivity contribution is 5.90. The van der Waals surface area contributed by atoms with Gasteiger partial charge in [0.1, 0.15) is 11.9 Å². The van der Waals surface area contributed by atoms with Gasteiger partial charge < -0.3 is 23.7 Å². The summed E-state index contributed by atoms with van der Waals surface area (Å²) in [6, 6.07) is 8.81. The van der Waals surface area contributed by atoms with Gasteiger partial charge in [-0.1, -0.05) is 51.0 Å². The molecule has 12 nitrogen and oxygen atoms in total. The number of fused-ring (bicyclic) bond motifs is 4. The van der Waals surface area contributed by atoms with Crippen molar-refractivity contribution in [2.24, 2.45) is 52.5 Å². The Morgan fingerprint density at radius 1 is 0.725 bits per heavy atom. The van der Waals surface area contributed by atoms with Crippen LogP contribution < -0.4 is 4.74 Å². The molecular weight excluding hydrogens is 658 g/mol. The first-order valence-corrected chi connectivity index (χ1v) is 19.4. The Kier molecular flexibility index (Phi) is 8.44. The van der Waals surface area contributed by atoms with E-state index in [1.807, 2.05) is 19.9 Å². The molecule has 4 bridgehead atoms. The van der Waals surface area contributed by atoms with E-state index in [0.29, 0.717) is 36.1 Å². The number of benzene rings is 1. The van der Waals surface area contributed by atoms with Crippen LogP contribution in [0.5, 0.6) is 5.75 Å². The molecule has 1 aromatic rings. The number of carbonyl (C=O) groups excluding carboxylic acids is 1.